The SMILES string of the molecule is C.CCC(=O)[C@@]12C[C@@H]1[C@@H](n1cnc3c(NCC4CC4)nc(-n4cc(-c5ncccn5)nn4)nc31)C(O)[C@H]2O. The summed E-state index contributed by atoms with van der Waals surface area (Å²) < 4.78 is 3.23. The van der Waals surface area contributed by atoms with Gasteiger partial charge in [-0.05, 0) is 37.2 Å². The van der Waals surface area contributed by atoms with Gasteiger partial charge in [0.25, 0.3) is 5.95 Å². The van der Waals surface area contributed by atoms with Gasteiger partial charge in [0, 0.05) is 25.4 Å². The molecule has 13 heteroatoms. The van der Waals surface area contributed by atoms with Crippen LogP contribution in [0.5, 0.6) is 0 Å². The Morgan fingerprint density at radius 2 is 1.97 bits per heavy atom. The fraction of sp³-hybridized carbons (Fsp3) is 0.520. The van der Waals surface area contributed by atoms with Crippen LogP contribution in [0.3, 0.4) is 0 Å². The molecule has 1 unspecified atom stereocenters. The molecule has 3 aliphatic carbocycles. The molecule has 0 bridgehead atoms. The highest BCUT2D eigenvalue weighted by Crippen LogP contribution is 2.68. The van der Waals surface area contributed by atoms with Crippen molar-refractivity contribution in [2.24, 2.45) is 17.3 Å². The molecule has 3 saturated carbocycles. The van der Waals surface area contributed by atoms with Crippen molar-refractivity contribution in [3.05, 3.63) is 31.0 Å². The number of carbonyl (C=O) groups excluding carboxylic acids is 1. The maximum Gasteiger partial charge on any atom is 0.256 e. The smallest absolute Gasteiger partial charge is 0.256 e. The summed E-state index contributed by atoms with van der Waals surface area (Å²) in [7, 11) is 0. The first-order valence-corrected chi connectivity index (χ1v) is 12.6. The van der Waals surface area contributed by atoms with E-state index >= 15 is 0 Å². The summed E-state index contributed by atoms with van der Waals surface area (Å²) in [5.41, 5.74) is 0.618. The maximum absolute atomic E-state index is 12.7. The molecule has 3 N–H and O–H groups in total. The lowest BCUT2D eigenvalue weighted by atomic mass is 9.92. The third-order valence-corrected chi connectivity index (χ3v) is 7.99. The Bertz CT molecular complexity index is 1500. The number of anilines is 1. The van der Waals surface area contributed by atoms with Gasteiger partial charge in [-0.1, -0.05) is 19.6 Å². The molecule has 0 amide bonds. The molecule has 38 heavy (non-hydrogen) atoms. The van der Waals surface area contributed by atoms with Crippen LogP contribution in [-0.4, -0.2) is 79.2 Å². The molecule has 0 spiro atoms. The van der Waals surface area contributed by atoms with Crippen LogP contribution in [-0.2, 0) is 4.79 Å². The van der Waals surface area contributed by atoms with Gasteiger partial charge in [-0.15, -0.1) is 5.10 Å². The van der Waals surface area contributed by atoms with Crippen molar-refractivity contribution < 1.29 is 15.0 Å². The number of hydrogen-bond acceptors (Lipinski definition) is 11. The minimum atomic E-state index is -1.12. The molecular weight excluding hydrogens is 488 g/mol. The van der Waals surface area contributed by atoms with Gasteiger partial charge in [0.2, 0.25) is 0 Å². The van der Waals surface area contributed by atoms with Gasteiger partial charge >= 0.3 is 0 Å². The Morgan fingerprint density at radius 3 is 2.71 bits per heavy atom. The predicted octanol–water partition coefficient (Wildman–Crippen LogP) is 1.58. The van der Waals surface area contributed by atoms with Crippen LogP contribution in [0.2, 0.25) is 0 Å². The predicted molar refractivity (Wildman–Crippen MR) is 136 cm³/mol. The molecule has 4 aromatic rings. The number of aliphatic hydroxyl groups excluding tert-OH is 2. The molecule has 0 aromatic carbocycles. The minimum absolute atomic E-state index is 0. The van der Waals surface area contributed by atoms with Crippen molar-refractivity contribution in [3.8, 4) is 17.5 Å². The monoisotopic (exact) mass is 518 g/mol. The number of imidazole rings is 1. The Hall–Kier alpha value is -3.84. The molecule has 4 heterocycles. The molecule has 3 fully saturated rings. The number of nitrogens with zero attached hydrogens (tertiary/aromatic N) is 9. The highest BCUT2D eigenvalue weighted by molar-refractivity contribution is 5.90. The summed E-state index contributed by atoms with van der Waals surface area (Å²) in [6.45, 7) is 2.55. The number of nitrogens with one attached hydrogen (secondary N) is 1. The average molecular weight is 519 g/mol. The minimum Gasteiger partial charge on any atom is -0.389 e. The molecule has 198 valence electrons. The van der Waals surface area contributed by atoms with Crippen LogP contribution in [0, 0.1) is 17.3 Å². The molecule has 13 nitrogen and oxygen atoms in total. The molecule has 5 atom stereocenters. The van der Waals surface area contributed by atoms with E-state index in [-0.39, 0.29) is 25.1 Å². The van der Waals surface area contributed by atoms with Crippen LogP contribution >= 0.6 is 0 Å². The second-order valence-electron chi connectivity index (χ2n) is 10.2. The van der Waals surface area contributed by atoms with Gasteiger partial charge in [-0.3, -0.25) is 4.79 Å². The fourth-order valence-electron chi connectivity index (χ4n) is 5.78. The van der Waals surface area contributed by atoms with Gasteiger partial charge in [0.15, 0.2) is 28.5 Å². The van der Waals surface area contributed by atoms with E-state index in [4.69, 9.17) is 9.97 Å². The summed E-state index contributed by atoms with van der Waals surface area (Å²) in [5.74, 6) is 1.65. The molecule has 3 aliphatic rings. The number of Topliss-reactive ketones (excluding diaryl/α,β-unsaturated/α-hetero) is 1. The summed E-state index contributed by atoms with van der Waals surface area (Å²) in [6, 6.07) is 1.19. The normalized spacial score (nSPS) is 27.7. The Labute approximate surface area is 218 Å². The van der Waals surface area contributed by atoms with Crippen molar-refractivity contribution in [1.82, 2.24) is 44.5 Å². The number of fused-ring (bicyclic) bond motifs is 2. The van der Waals surface area contributed by atoms with E-state index in [9.17, 15) is 15.0 Å². The zero-order valence-corrected chi connectivity index (χ0v) is 20.1. The zero-order valence-electron chi connectivity index (χ0n) is 20.1. The van der Waals surface area contributed by atoms with Crippen LogP contribution in [0.4, 0.5) is 5.82 Å². The standard InChI is InChI=1S/C24H26N10O3.CH4/c1-2-15(35)24-8-13(24)17(18(36)19(24)37)33-11-28-16-21(27-9-12-4-5-12)29-23(30-22(16)33)34-10-14(31-32-34)20-25-6-3-7-26-20;/h3,6-7,10-13,17-19,36-37H,2,4-5,8-9H2,1H3,(H,27,29,30);1H4/t13-,17-,18?,19-,24-;/m1./s1. The van der Waals surface area contributed by atoms with Crippen LogP contribution < -0.4 is 5.32 Å². The maximum atomic E-state index is 12.7. The van der Waals surface area contributed by atoms with E-state index in [0.717, 1.165) is 6.54 Å². The zero-order chi connectivity index (χ0) is 25.3. The molecule has 7 rings (SSSR count). The van der Waals surface area contributed by atoms with Gasteiger partial charge in [0.1, 0.15) is 11.9 Å². The van der Waals surface area contributed by atoms with Crippen molar-refractivity contribution in [1.29, 1.82) is 0 Å². The second kappa shape index (κ2) is 8.88. The van der Waals surface area contributed by atoms with Gasteiger partial charge in [0.05, 0.1) is 30.1 Å². The quantitative estimate of drug-likeness (QED) is 0.309. The van der Waals surface area contributed by atoms with Crippen molar-refractivity contribution >= 4 is 22.8 Å². The molecule has 0 radical (unpaired) electrons. The fourth-order valence-corrected chi connectivity index (χ4v) is 5.78. The van der Waals surface area contributed by atoms with E-state index in [0.29, 0.717) is 47.3 Å². The van der Waals surface area contributed by atoms with Gasteiger partial charge in [-0.2, -0.15) is 14.6 Å². The number of aliphatic hydroxyl groups is 2. The lowest BCUT2D eigenvalue weighted by Crippen LogP contribution is -2.37. The first kappa shape index (κ1) is 24.5. The molecule has 4 aromatic heterocycles. The number of carbonyl (C=O) groups is 1. The molecule has 0 aliphatic heterocycles. The first-order chi connectivity index (χ1) is 18.0. The van der Waals surface area contributed by atoms with E-state index in [1.54, 1.807) is 42.5 Å². The highest BCUT2D eigenvalue weighted by atomic mass is 16.3. The van der Waals surface area contributed by atoms with Crippen molar-refractivity contribution in [2.75, 3.05) is 11.9 Å². The average Bonchev–Trinajstić information content (AvgIpc) is 3.77. The number of hydrogen-bond donors (Lipinski definition) is 3. The van der Waals surface area contributed by atoms with E-state index in [1.807, 2.05) is 0 Å². The second-order valence-corrected chi connectivity index (χ2v) is 10.2. The Kier molecular flexibility index (Phi) is 5.72. The summed E-state index contributed by atoms with van der Waals surface area (Å²) in [6.07, 6.45) is 7.50. The lowest BCUT2D eigenvalue weighted by Gasteiger charge is -2.23. The van der Waals surface area contributed by atoms with Crippen LogP contribution in [0.25, 0.3) is 28.6 Å². The van der Waals surface area contributed by atoms with Crippen LogP contribution in [0.1, 0.15) is 46.1 Å². The van der Waals surface area contributed by atoms with E-state index in [1.165, 1.54) is 17.5 Å². The number of rotatable bonds is 8. The number of ketones is 1. The van der Waals surface area contributed by atoms with Gasteiger partial charge in [-0.25, -0.2) is 15.0 Å². The van der Waals surface area contributed by atoms with Crippen molar-refractivity contribution in [3.63, 3.8) is 0 Å². The summed E-state index contributed by atoms with van der Waals surface area (Å²) >= 11 is 0. The number of aromatic nitrogens is 9. The van der Waals surface area contributed by atoms with Crippen molar-refractivity contribution in [2.45, 2.75) is 58.3 Å². The summed E-state index contributed by atoms with van der Waals surface area (Å²) in [4.78, 5) is 35.2. The van der Waals surface area contributed by atoms with Crippen LogP contribution in [0.15, 0.2) is 31.0 Å². The highest BCUT2D eigenvalue weighted by Gasteiger charge is 2.74. The van der Waals surface area contributed by atoms with Gasteiger partial charge < -0.3 is 20.1 Å². The van der Waals surface area contributed by atoms with E-state index < -0.39 is 23.7 Å². The third-order valence-electron chi connectivity index (χ3n) is 7.99. The Morgan fingerprint density at radius 1 is 1.18 bits per heavy atom. The molecular formula is C25H30N10O3. The Balaban J connectivity index is 0.00000264. The largest absolute Gasteiger partial charge is 0.389 e. The summed E-state index contributed by atoms with van der Waals surface area (Å²) in [5, 5.41) is 33.7. The third kappa shape index (κ3) is 3.60. The van der Waals surface area contributed by atoms with E-state index in [2.05, 4.69) is 30.6 Å². The molecule has 0 saturated heterocycles. The first-order valence-electron chi connectivity index (χ1n) is 12.6. The lowest BCUT2D eigenvalue weighted by molar-refractivity contribution is -0.130. The topological polar surface area (TPSA) is 170 Å².